The number of aryl methyl sites for hydroxylation is 2. The van der Waals surface area contributed by atoms with E-state index >= 15 is 0 Å². The highest BCUT2D eigenvalue weighted by atomic mass is 32.2. The van der Waals surface area contributed by atoms with Crippen LogP contribution < -0.4 is 4.90 Å². The summed E-state index contributed by atoms with van der Waals surface area (Å²) in [5.41, 5.74) is 1.20. The third kappa shape index (κ3) is 3.82. The van der Waals surface area contributed by atoms with Crippen molar-refractivity contribution in [2.75, 3.05) is 38.1 Å². The van der Waals surface area contributed by atoms with Gasteiger partial charge in [-0.3, -0.25) is 9.69 Å². The van der Waals surface area contributed by atoms with Crippen molar-refractivity contribution in [2.24, 2.45) is 0 Å². The van der Waals surface area contributed by atoms with Gasteiger partial charge >= 0.3 is 0 Å². The van der Waals surface area contributed by atoms with Crippen LogP contribution in [0.15, 0.2) is 39.8 Å². The fourth-order valence-electron chi connectivity index (χ4n) is 3.52. The number of carbonyl (C=O) groups is 1. The summed E-state index contributed by atoms with van der Waals surface area (Å²) in [5.74, 6) is 0.279. The van der Waals surface area contributed by atoms with E-state index in [1.807, 2.05) is 42.2 Å². The second-order valence-corrected chi connectivity index (χ2v) is 8.88. The van der Waals surface area contributed by atoms with Gasteiger partial charge < -0.3 is 9.42 Å². The van der Waals surface area contributed by atoms with Gasteiger partial charge in [-0.05, 0) is 32.9 Å². The van der Waals surface area contributed by atoms with Gasteiger partial charge in [-0.1, -0.05) is 23.4 Å². The van der Waals surface area contributed by atoms with E-state index in [0.29, 0.717) is 37.6 Å². The molecule has 1 aliphatic heterocycles. The highest BCUT2D eigenvalue weighted by Crippen LogP contribution is 2.25. The standard InChI is InChI=1S/C19H26N4O4S/c1-14-18(16(3)27-20-14)28(25,26)23-12-10-22(11-13-23)15(2)19(24)21(4)17-8-6-5-7-9-17/h5-9,15H,10-13H2,1-4H3. The van der Waals surface area contributed by atoms with Crippen LogP contribution in [-0.4, -0.2) is 68.0 Å². The van der Waals surface area contributed by atoms with Gasteiger partial charge in [0, 0.05) is 38.9 Å². The number of likely N-dealkylation sites (N-methyl/N-ethyl adjacent to an activating group) is 1. The molecule has 0 N–H and O–H groups in total. The Labute approximate surface area is 165 Å². The zero-order chi connectivity index (χ0) is 20.5. The summed E-state index contributed by atoms with van der Waals surface area (Å²) in [7, 11) is -1.90. The van der Waals surface area contributed by atoms with Crippen molar-refractivity contribution in [1.29, 1.82) is 0 Å². The number of nitrogens with zero attached hydrogens (tertiary/aromatic N) is 4. The number of para-hydroxylation sites is 1. The SMILES string of the molecule is Cc1noc(C)c1S(=O)(=O)N1CCN(C(C)C(=O)N(C)c2ccccc2)CC1. The molecule has 152 valence electrons. The van der Waals surface area contributed by atoms with Crippen molar-refractivity contribution in [1.82, 2.24) is 14.4 Å². The lowest BCUT2D eigenvalue weighted by Crippen LogP contribution is -2.55. The topological polar surface area (TPSA) is 87.0 Å². The van der Waals surface area contributed by atoms with Crippen LogP contribution in [0.1, 0.15) is 18.4 Å². The molecule has 3 rings (SSSR count). The highest BCUT2D eigenvalue weighted by molar-refractivity contribution is 7.89. The van der Waals surface area contributed by atoms with Crippen molar-refractivity contribution >= 4 is 21.6 Å². The molecule has 0 aliphatic carbocycles. The first-order valence-electron chi connectivity index (χ1n) is 9.23. The highest BCUT2D eigenvalue weighted by Gasteiger charge is 2.35. The van der Waals surface area contributed by atoms with Crippen molar-refractivity contribution < 1.29 is 17.7 Å². The molecule has 8 nitrogen and oxygen atoms in total. The number of hydrogen-bond donors (Lipinski definition) is 0. The number of sulfonamides is 1. The third-order valence-electron chi connectivity index (χ3n) is 5.22. The molecule has 1 fully saturated rings. The van der Waals surface area contributed by atoms with Crippen LogP contribution in [0, 0.1) is 13.8 Å². The van der Waals surface area contributed by atoms with Gasteiger partial charge in [0.25, 0.3) is 0 Å². The zero-order valence-electron chi connectivity index (χ0n) is 16.6. The molecule has 2 heterocycles. The Hall–Kier alpha value is -2.23. The largest absolute Gasteiger partial charge is 0.360 e. The van der Waals surface area contributed by atoms with Crippen LogP contribution in [0.5, 0.6) is 0 Å². The third-order valence-corrected chi connectivity index (χ3v) is 7.36. The number of aromatic nitrogens is 1. The summed E-state index contributed by atoms with van der Waals surface area (Å²) in [6.45, 7) is 6.69. The number of carbonyl (C=O) groups excluding carboxylic acids is 1. The van der Waals surface area contributed by atoms with Gasteiger partial charge in [0.2, 0.25) is 15.9 Å². The molecule has 0 radical (unpaired) electrons. The maximum atomic E-state index is 12.9. The van der Waals surface area contributed by atoms with E-state index in [1.165, 1.54) is 4.31 Å². The Balaban J connectivity index is 1.66. The summed E-state index contributed by atoms with van der Waals surface area (Å²) in [6.07, 6.45) is 0. The molecule has 28 heavy (non-hydrogen) atoms. The molecule has 2 aromatic rings. The molecule has 9 heteroatoms. The van der Waals surface area contributed by atoms with Crippen LogP contribution >= 0.6 is 0 Å². The van der Waals surface area contributed by atoms with Crippen LogP contribution in [0.4, 0.5) is 5.69 Å². The number of hydrogen-bond acceptors (Lipinski definition) is 6. The summed E-state index contributed by atoms with van der Waals surface area (Å²) < 4.78 is 32.3. The van der Waals surface area contributed by atoms with Gasteiger partial charge in [0.05, 0.1) is 6.04 Å². The first-order chi connectivity index (χ1) is 13.2. The Kier molecular flexibility index (Phi) is 5.87. The van der Waals surface area contributed by atoms with E-state index in [-0.39, 0.29) is 16.8 Å². The quantitative estimate of drug-likeness (QED) is 0.750. The number of rotatable bonds is 5. The Morgan fingerprint density at radius 1 is 1.14 bits per heavy atom. The van der Waals surface area contributed by atoms with E-state index in [1.54, 1.807) is 25.8 Å². The molecule has 1 saturated heterocycles. The first kappa shape index (κ1) is 20.5. The van der Waals surface area contributed by atoms with E-state index in [0.717, 1.165) is 5.69 Å². The van der Waals surface area contributed by atoms with Crippen LogP contribution in [-0.2, 0) is 14.8 Å². The van der Waals surface area contributed by atoms with Gasteiger partial charge in [0.1, 0.15) is 10.6 Å². The number of amides is 1. The van der Waals surface area contributed by atoms with Crippen molar-refractivity contribution in [3.8, 4) is 0 Å². The van der Waals surface area contributed by atoms with Crippen molar-refractivity contribution in [2.45, 2.75) is 31.7 Å². The summed E-state index contributed by atoms with van der Waals surface area (Å²) in [5, 5.41) is 3.75. The van der Waals surface area contributed by atoms with Gasteiger partial charge in [-0.15, -0.1) is 0 Å². The van der Waals surface area contributed by atoms with Gasteiger partial charge in [0.15, 0.2) is 5.76 Å². The first-order valence-corrected chi connectivity index (χ1v) is 10.7. The minimum Gasteiger partial charge on any atom is -0.360 e. The summed E-state index contributed by atoms with van der Waals surface area (Å²) >= 11 is 0. The Morgan fingerprint density at radius 3 is 2.29 bits per heavy atom. The smallest absolute Gasteiger partial charge is 0.248 e. The van der Waals surface area contributed by atoms with E-state index in [2.05, 4.69) is 5.16 Å². The van der Waals surface area contributed by atoms with Crippen molar-refractivity contribution in [3.63, 3.8) is 0 Å². The molecule has 1 amide bonds. The van der Waals surface area contributed by atoms with Crippen molar-refractivity contribution in [3.05, 3.63) is 41.8 Å². The molecule has 1 aromatic heterocycles. The molecule has 1 aliphatic rings. The number of piperazine rings is 1. The molecule has 0 bridgehead atoms. The molecular formula is C19H26N4O4S. The average molecular weight is 407 g/mol. The molecule has 0 saturated carbocycles. The minimum absolute atomic E-state index is 0.0202. The van der Waals surface area contributed by atoms with E-state index < -0.39 is 10.0 Å². The molecular weight excluding hydrogens is 380 g/mol. The molecule has 1 unspecified atom stereocenters. The fourth-order valence-corrected chi connectivity index (χ4v) is 5.23. The summed E-state index contributed by atoms with van der Waals surface area (Å²) in [4.78, 5) is 16.6. The van der Waals surface area contributed by atoms with Gasteiger partial charge in [-0.2, -0.15) is 4.31 Å². The second kappa shape index (κ2) is 8.02. The minimum atomic E-state index is -3.65. The van der Waals surface area contributed by atoms with Gasteiger partial charge in [-0.25, -0.2) is 8.42 Å². The lowest BCUT2D eigenvalue weighted by atomic mass is 10.2. The average Bonchev–Trinajstić information content (AvgIpc) is 3.06. The number of benzene rings is 1. The fraction of sp³-hybridized carbons (Fsp3) is 0.474. The normalized spacial score (nSPS) is 17.4. The maximum Gasteiger partial charge on any atom is 0.248 e. The number of anilines is 1. The predicted octanol–water partition coefficient (Wildman–Crippen LogP) is 1.65. The maximum absolute atomic E-state index is 12.9. The predicted molar refractivity (Wildman–Crippen MR) is 106 cm³/mol. The lowest BCUT2D eigenvalue weighted by Gasteiger charge is -2.37. The van der Waals surface area contributed by atoms with Crippen LogP contribution in [0.3, 0.4) is 0 Å². The molecule has 1 aromatic carbocycles. The van der Waals surface area contributed by atoms with E-state index in [9.17, 15) is 13.2 Å². The summed E-state index contributed by atoms with van der Waals surface area (Å²) in [6, 6.07) is 9.13. The second-order valence-electron chi connectivity index (χ2n) is 7.00. The monoisotopic (exact) mass is 406 g/mol. The molecule has 0 spiro atoms. The van der Waals surface area contributed by atoms with Crippen LogP contribution in [0.2, 0.25) is 0 Å². The van der Waals surface area contributed by atoms with Crippen LogP contribution in [0.25, 0.3) is 0 Å². The lowest BCUT2D eigenvalue weighted by molar-refractivity contribution is -0.123. The molecule has 1 atom stereocenters. The zero-order valence-corrected chi connectivity index (χ0v) is 17.4. The Morgan fingerprint density at radius 2 is 1.75 bits per heavy atom. The Bertz CT molecular complexity index is 915. The van der Waals surface area contributed by atoms with E-state index in [4.69, 9.17) is 4.52 Å².